The second kappa shape index (κ2) is 7.48. The van der Waals surface area contributed by atoms with E-state index in [-0.39, 0.29) is 5.76 Å². The lowest BCUT2D eigenvalue weighted by molar-refractivity contribution is 0.0660. The van der Waals surface area contributed by atoms with Crippen LogP contribution < -0.4 is 0 Å². The van der Waals surface area contributed by atoms with E-state index in [9.17, 15) is 4.79 Å². The molecule has 4 aromatic rings. The molecule has 0 unspecified atom stereocenters. The molecule has 140 valence electrons. The van der Waals surface area contributed by atoms with Crippen molar-refractivity contribution in [2.45, 2.75) is 13.5 Å². The standard InChI is InChI=1S/C22H17BrN2O3/c1-14-10-16(6-8-19(14)23)24-11-15-12-25(20-5-3-2-4-18(15)20)13-17-7-9-21(28-17)22(26)27/h2-12H,13H2,1H3,(H,26,27). The molecule has 0 aliphatic carbocycles. The number of benzene rings is 2. The number of fused-ring (bicyclic) bond motifs is 1. The van der Waals surface area contributed by atoms with Crippen molar-refractivity contribution in [1.29, 1.82) is 0 Å². The number of aromatic nitrogens is 1. The Bertz CT molecular complexity index is 1200. The molecular weight excluding hydrogens is 420 g/mol. The van der Waals surface area contributed by atoms with E-state index in [2.05, 4.69) is 20.9 Å². The first-order valence-corrected chi connectivity index (χ1v) is 9.50. The monoisotopic (exact) mass is 436 g/mol. The van der Waals surface area contributed by atoms with Gasteiger partial charge in [0.1, 0.15) is 5.76 Å². The van der Waals surface area contributed by atoms with Gasteiger partial charge < -0.3 is 14.1 Å². The first-order chi connectivity index (χ1) is 13.5. The number of rotatable bonds is 5. The van der Waals surface area contributed by atoms with E-state index in [4.69, 9.17) is 9.52 Å². The number of para-hydroxylation sites is 1. The van der Waals surface area contributed by atoms with Gasteiger partial charge in [-0.15, -0.1) is 0 Å². The van der Waals surface area contributed by atoms with E-state index in [1.165, 1.54) is 6.07 Å². The molecule has 2 aromatic heterocycles. The molecule has 28 heavy (non-hydrogen) atoms. The van der Waals surface area contributed by atoms with Gasteiger partial charge in [0, 0.05) is 33.4 Å². The molecule has 4 rings (SSSR count). The molecule has 0 radical (unpaired) electrons. The number of carbonyl (C=O) groups is 1. The number of aromatic carboxylic acids is 1. The van der Waals surface area contributed by atoms with E-state index in [1.807, 2.05) is 66.4 Å². The van der Waals surface area contributed by atoms with Crippen molar-refractivity contribution < 1.29 is 14.3 Å². The van der Waals surface area contributed by atoms with Crippen LogP contribution in [-0.2, 0) is 6.54 Å². The number of halogens is 1. The summed E-state index contributed by atoms with van der Waals surface area (Å²) in [4.78, 5) is 15.6. The summed E-state index contributed by atoms with van der Waals surface area (Å²) in [6.07, 6.45) is 3.86. The Kier molecular flexibility index (Phi) is 4.88. The van der Waals surface area contributed by atoms with Crippen LogP contribution in [-0.4, -0.2) is 21.9 Å². The predicted octanol–water partition coefficient (Wildman–Crippen LogP) is 5.80. The zero-order valence-electron chi connectivity index (χ0n) is 15.1. The highest BCUT2D eigenvalue weighted by Crippen LogP contribution is 2.24. The maximum atomic E-state index is 11.0. The van der Waals surface area contributed by atoms with Crippen molar-refractivity contribution in [3.8, 4) is 0 Å². The van der Waals surface area contributed by atoms with Gasteiger partial charge in [-0.05, 0) is 48.9 Å². The smallest absolute Gasteiger partial charge is 0.371 e. The Balaban J connectivity index is 1.68. The highest BCUT2D eigenvalue weighted by Gasteiger charge is 2.12. The van der Waals surface area contributed by atoms with Crippen LogP contribution in [0.5, 0.6) is 0 Å². The van der Waals surface area contributed by atoms with Crippen LogP contribution >= 0.6 is 15.9 Å². The number of hydrogen-bond acceptors (Lipinski definition) is 3. The highest BCUT2D eigenvalue weighted by molar-refractivity contribution is 9.10. The van der Waals surface area contributed by atoms with Crippen molar-refractivity contribution in [3.05, 3.63) is 87.9 Å². The molecule has 0 atom stereocenters. The minimum absolute atomic E-state index is 0.0566. The summed E-state index contributed by atoms with van der Waals surface area (Å²) in [5.41, 5.74) is 4.03. The van der Waals surface area contributed by atoms with Crippen molar-refractivity contribution >= 4 is 44.7 Å². The first-order valence-electron chi connectivity index (χ1n) is 8.71. The summed E-state index contributed by atoms with van der Waals surface area (Å²) in [7, 11) is 0. The second-order valence-electron chi connectivity index (χ2n) is 6.49. The minimum atomic E-state index is -1.07. The molecule has 2 heterocycles. The van der Waals surface area contributed by atoms with Gasteiger partial charge in [-0.3, -0.25) is 4.99 Å². The van der Waals surface area contributed by atoms with E-state index >= 15 is 0 Å². The van der Waals surface area contributed by atoms with Crippen LogP contribution in [0.4, 0.5) is 5.69 Å². The van der Waals surface area contributed by atoms with Crippen molar-refractivity contribution in [2.75, 3.05) is 0 Å². The predicted molar refractivity (Wildman–Crippen MR) is 113 cm³/mol. The van der Waals surface area contributed by atoms with Gasteiger partial charge in [0.25, 0.3) is 0 Å². The van der Waals surface area contributed by atoms with Crippen molar-refractivity contribution in [2.24, 2.45) is 4.99 Å². The number of carboxylic acid groups (broad SMARTS) is 1. The molecular formula is C22H17BrN2O3. The number of aryl methyl sites for hydroxylation is 1. The lowest BCUT2D eigenvalue weighted by Crippen LogP contribution is -1.97. The molecule has 0 amide bonds. The van der Waals surface area contributed by atoms with Gasteiger partial charge in [-0.2, -0.15) is 0 Å². The maximum Gasteiger partial charge on any atom is 0.371 e. The summed E-state index contributed by atoms with van der Waals surface area (Å²) in [6.45, 7) is 2.47. The summed E-state index contributed by atoms with van der Waals surface area (Å²) in [5, 5.41) is 10.1. The van der Waals surface area contributed by atoms with E-state index in [0.717, 1.165) is 32.2 Å². The average Bonchev–Trinajstić information content (AvgIpc) is 3.29. The minimum Gasteiger partial charge on any atom is -0.475 e. The van der Waals surface area contributed by atoms with Gasteiger partial charge in [0.15, 0.2) is 0 Å². The summed E-state index contributed by atoms with van der Waals surface area (Å²) < 4.78 is 8.50. The Hall–Kier alpha value is -3.12. The molecule has 0 aliphatic rings. The zero-order chi connectivity index (χ0) is 19.7. The number of furan rings is 1. The Morgan fingerprint density at radius 2 is 2.04 bits per heavy atom. The topological polar surface area (TPSA) is 67.7 Å². The van der Waals surface area contributed by atoms with E-state index in [0.29, 0.717) is 12.3 Å². The number of carboxylic acids is 1. The highest BCUT2D eigenvalue weighted by atomic mass is 79.9. The summed E-state index contributed by atoms with van der Waals surface area (Å²) in [6, 6.07) is 17.2. The Labute approximate surface area is 170 Å². The normalized spacial score (nSPS) is 11.5. The largest absolute Gasteiger partial charge is 0.475 e. The first kappa shape index (κ1) is 18.3. The second-order valence-corrected chi connectivity index (χ2v) is 7.35. The van der Waals surface area contributed by atoms with Gasteiger partial charge in [0.2, 0.25) is 5.76 Å². The molecule has 6 heteroatoms. The molecule has 2 aromatic carbocycles. The fraction of sp³-hybridized carbons (Fsp3) is 0.0909. The third-order valence-corrected chi connectivity index (χ3v) is 5.40. The molecule has 5 nitrogen and oxygen atoms in total. The Morgan fingerprint density at radius 1 is 1.21 bits per heavy atom. The van der Waals surface area contributed by atoms with Crippen LogP contribution in [0.25, 0.3) is 10.9 Å². The van der Waals surface area contributed by atoms with E-state index < -0.39 is 5.97 Å². The molecule has 0 aliphatic heterocycles. The molecule has 0 saturated heterocycles. The van der Waals surface area contributed by atoms with Crippen LogP contribution in [0.2, 0.25) is 0 Å². The fourth-order valence-corrected chi connectivity index (χ4v) is 3.35. The quantitative estimate of drug-likeness (QED) is 0.401. The third kappa shape index (κ3) is 3.64. The maximum absolute atomic E-state index is 11.0. The number of aliphatic imine (C=N–C) groups is 1. The molecule has 0 bridgehead atoms. The molecule has 1 N–H and O–H groups in total. The van der Waals surface area contributed by atoms with Crippen molar-refractivity contribution in [3.63, 3.8) is 0 Å². The Morgan fingerprint density at radius 3 is 2.79 bits per heavy atom. The van der Waals surface area contributed by atoms with Crippen LogP contribution in [0.1, 0.15) is 27.4 Å². The van der Waals surface area contributed by atoms with Gasteiger partial charge in [-0.1, -0.05) is 34.1 Å². The average molecular weight is 437 g/mol. The fourth-order valence-electron chi connectivity index (χ4n) is 3.11. The van der Waals surface area contributed by atoms with Crippen molar-refractivity contribution in [1.82, 2.24) is 4.57 Å². The third-order valence-electron chi connectivity index (χ3n) is 4.51. The SMILES string of the molecule is Cc1cc(N=Cc2cn(Cc3ccc(C(=O)O)o3)c3ccccc23)ccc1Br. The molecule has 0 spiro atoms. The number of nitrogens with zero attached hydrogens (tertiary/aromatic N) is 2. The number of hydrogen-bond donors (Lipinski definition) is 1. The lowest BCUT2D eigenvalue weighted by atomic mass is 10.2. The van der Waals surface area contributed by atoms with Gasteiger partial charge in [0.05, 0.1) is 12.2 Å². The van der Waals surface area contributed by atoms with Crippen LogP contribution in [0.3, 0.4) is 0 Å². The van der Waals surface area contributed by atoms with Gasteiger partial charge in [-0.25, -0.2) is 4.79 Å². The van der Waals surface area contributed by atoms with Crippen LogP contribution in [0.15, 0.2) is 74.7 Å². The molecule has 0 saturated carbocycles. The molecule has 0 fully saturated rings. The van der Waals surface area contributed by atoms with Crippen LogP contribution in [0, 0.1) is 6.92 Å². The lowest BCUT2D eigenvalue weighted by Gasteiger charge is -2.02. The van der Waals surface area contributed by atoms with E-state index in [1.54, 1.807) is 6.07 Å². The van der Waals surface area contributed by atoms with Gasteiger partial charge >= 0.3 is 5.97 Å². The zero-order valence-corrected chi connectivity index (χ0v) is 16.7. The summed E-state index contributed by atoms with van der Waals surface area (Å²) in [5.74, 6) is -0.537. The summed E-state index contributed by atoms with van der Waals surface area (Å²) >= 11 is 3.50.